The van der Waals surface area contributed by atoms with Crippen molar-refractivity contribution in [2.24, 2.45) is 5.34 Å². The first-order chi connectivity index (χ1) is 2.83. The van der Waals surface area contributed by atoms with E-state index in [1.165, 1.54) is 5.40 Å². The van der Waals surface area contributed by atoms with Gasteiger partial charge in [0.05, 0.1) is 0 Å². The first-order valence-corrected chi connectivity index (χ1v) is 1.20. The Hall–Kier alpha value is 1.75. The van der Waals surface area contributed by atoms with Crippen LogP contribution in [0.3, 0.4) is 0 Å². The molecule has 0 saturated heterocycles. The van der Waals surface area contributed by atoms with Crippen molar-refractivity contribution in [3.8, 4) is 5.40 Å². The van der Waals surface area contributed by atoms with E-state index in [4.69, 9.17) is 15.4 Å². The molecule has 0 atom stereocenters. The minimum atomic E-state index is 0. The predicted octanol–water partition coefficient (Wildman–Crippen LogP) is -5.73. The Bertz CT molecular complexity index is 65.5. The van der Waals surface area contributed by atoms with E-state index in [1.807, 2.05) is 0 Å². The van der Waals surface area contributed by atoms with Crippen molar-refractivity contribution >= 4 is 12.6 Å². The Labute approximate surface area is 117 Å². The average molecular weight is 166 g/mol. The third-order valence-corrected chi connectivity index (χ3v) is 0. The molecule has 8 heavy (non-hydrogen) atoms. The zero-order chi connectivity index (χ0) is 5.41. The molecule has 0 aromatic heterocycles. The summed E-state index contributed by atoms with van der Waals surface area (Å²) in [6, 6.07) is 0. The number of nitriles is 1. The molecule has 0 aliphatic heterocycles. The van der Waals surface area contributed by atoms with Gasteiger partial charge in [0.25, 0.3) is 0 Å². The number of hydrogen-bond acceptors (Lipinski definition) is 5. The molecule has 0 saturated carbocycles. The molecule has 0 heterocycles. The third kappa shape index (κ3) is 116. The second-order valence-electron chi connectivity index (χ2n) is 0.166. The van der Waals surface area contributed by atoms with Gasteiger partial charge < -0.3 is 22.7 Å². The molecule has 0 amide bonds. The number of rotatable bonds is 0. The smallest absolute Gasteiger partial charge is 0.696 e. The molecule has 7 heteroatoms. The van der Waals surface area contributed by atoms with Gasteiger partial charge in [0.15, 0.2) is 0 Å². The van der Waals surface area contributed by atoms with Crippen LogP contribution >= 0.6 is 0 Å². The van der Waals surface area contributed by atoms with E-state index in [0.717, 1.165) is 5.34 Å². The van der Waals surface area contributed by atoms with E-state index in [2.05, 4.69) is 12.6 Å². The number of nitrogens with zero attached hydrogens (tertiary/aromatic N) is 2. The first-order valence-electron chi connectivity index (χ1n) is 0.793. The van der Waals surface area contributed by atoms with Crippen LogP contribution in [0.1, 0.15) is 0 Å². The van der Waals surface area contributed by atoms with Crippen LogP contribution in [0.5, 0.6) is 0 Å². The van der Waals surface area contributed by atoms with Crippen LogP contribution < -0.4 is 80.9 Å². The van der Waals surface area contributed by atoms with Gasteiger partial charge in [0.2, 0.25) is 0 Å². The minimum Gasteiger partial charge on any atom is -0.696 e. The van der Waals surface area contributed by atoms with Gasteiger partial charge in [-0.1, -0.05) is 5.40 Å². The van der Waals surface area contributed by atoms with Gasteiger partial charge in [-0.15, -0.1) is 5.34 Å². The Morgan fingerprint density at radius 1 is 1.75 bits per heavy atom. The fourth-order valence-electron chi connectivity index (χ4n) is 0. The SMILES string of the molecule is N#C[S-].O=N[O-].[K+].[Na+]. The first kappa shape index (κ1) is 22.6. The van der Waals surface area contributed by atoms with Gasteiger partial charge >= 0.3 is 80.9 Å². The summed E-state index contributed by atoms with van der Waals surface area (Å²) in [6.45, 7) is 0. The van der Waals surface area contributed by atoms with Crippen LogP contribution in [0.15, 0.2) is 5.34 Å². The summed E-state index contributed by atoms with van der Waals surface area (Å²) in [5, 5.41) is 17.5. The Morgan fingerprint density at radius 3 is 1.75 bits per heavy atom. The molecule has 0 spiro atoms. The topological polar surface area (TPSA) is 76.3 Å². The summed E-state index contributed by atoms with van der Waals surface area (Å²) in [5.74, 6) is 0. The second-order valence-corrected chi connectivity index (χ2v) is 0.348. The molecule has 0 aliphatic rings. The largest absolute Gasteiger partial charge is 1.00 e. The maximum atomic E-state index is 8.00. The van der Waals surface area contributed by atoms with Gasteiger partial charge in [0, 0.05) is 0 Å². The fourth-order valence-corrected chi connectivity index (χ4v) is 0. The van der Waals surface area contributed by atoms with Gasteiger partial charge in [-0.05, 0) is 0 Å². The molecule has 0 aromatic rings. The zero-order valence-corrected chi connectivity index (χ0v) is 10.6. The Balaban J connectivity index is -0.0000000160. The van der Waals surface area contributed by atoms with Crippen molar-refractivity contribution < 1.29 is 80.9 Å². The van der Waals surface area contributed by atoms with Gasteiger partial charge in [-0.25, -0.2) is 5.26 Å². The molecule has 34 valence electrons. The summed E-state index contributed by atoms with van der Waals surface area (Å²) in [4.78, 5) is 8.00. The molecule has 0 fully saturated rings. The molecule has 0 unspecified atom stereocenters. The summed E-state index contributed by atoms with van der Waals surface area (Å²) < 4.78 is 0. The monoisotopic (exact) mass is 166 g/mol. The maximum Gasteiger partial charge on any atom is 1.00 e. The molecule has 0 aliphatic carbocycles. The van der Waals surface area contributed by atoms with Crippen LogP contribution in [0.2, 0.25) is 0 Å². The zero-order valence-electron chi connectivity index (χ0n) is 4.62. The van der Waals surface area contributed by atoms with Crippen molar-refractivity contribution in [2.75, 3.05) is 0 Å². The van der Waals surface area contributed by atoms with Gasteiger partial charge in [-0.2, -0.15) is 0 Å². The Kier molecular flexibility index (Phi) is 106. The number of thiocyanates is 1. The fraction of sp³-hybridized carbons (Fsp3) is 0. The predicted molar refractivity (Wildman–Crippen MR) is 22.1 cm³/mol. The molecular weight excluding hydrogens is 166 g/mol. The molecule has 0 aromatic carbocycles. The quantitative estimate of drug-likeness (QED) is 0.118. The molecule has 0 radical (unpaired) electrons. The summed E-state index contributed by atoms with van der Waals surface area (Å²) in [6.07, 6.45) is 0. The summed E-state index contributed by atoms with van der Waals surface area (Å²) in [7, 11) is 0. The van der Waals surface area contributed by atoms with E-state index in [0.29, 0.717) is 0 Å². The van der Waals surface area contributed by atoms with Crippen LogP contribution in [0.4, 0.5) is 0 Å². The van der Waals surface area contributed by atoms with E-state index in [9.17, 15) is 0 Å². The van der Waals surface area contributed by atoms with E-state index >= 15 is 0 Å². The number of hydrogen-bond donors (Lipinski definition) is 0. The standard InChI is InChI=1S/CHNS.K.HNO2.Na/c2-1-3;;2-1-3;/h3H;;(H,2,3);/q;+1;;+1/p-2. The van der Waals surface area contributed by atoms with Gasteiger partial charge in [0.1, 0.15) is 0 Å². The molecule has 4 nitrogen and oxygen atoms in total. The molecule has 0 rings (SSSR count). The normalized spacial score (nSPS) is 2.38. The van der Waals surface area contributed by atoms with Crippen LogP contribution in [-0.4, -0.2) is 0 Å². The van der Waals surface area contributed by atoms with Crippen LogP contribution in [-0.2, 0) is 12.6 Å². The second kappa shape index (κ2) is 37.4. The van der Waals surface area contributed by atoms with Crippen molar-refractivity contribution in [2.45, 2.75) is 0 Å². The van der Waals surface area contributed by atoms with Gasteiger partial charge in [-0.3, -0.25) is 0 Å². The maximum absolute atomic E-state index is 8.00. The Morgan fingerprint density at radius 2 is 1.75 bits per heavy atom. The van der Waals surface area contributed by atoms with E-state index in [-0.39, 0.29) is 80.9 Å². The third-order valence-electron chi connectivity index (χ3n) is 0. The molecule has 0 bridgehead atoms. The van der Waals surface area contributed by atoms with Crippen molar-refractivity contribution in [1.29, 1.82) is 5.26 Å². The van der Waals surface area contributed by atoms with E-state index < -0.39 is 0 Å². The van der Waals surface area contributed by atoms with Crippen LogP contribution in [0, 0.1) is 20.8 Å². The van der Waals surface area contributed by atoms with E-state index in [1.54, 1.807) is 0 Å². The minimum absolute atomic E-state index is 0. The van der Waals surface area contributed by atoms with Crippen LogP contribution in [0.25, 0.3) is 0 Å². The van der Waals surface area contributed by atoms with Crippen molar-refractivity contribution in [1.82, 2.24) is 0 Å². The molecular formula is CKN2NaO2S. The molecule has 0 N–H and O–H groups in total. The van der Waals surface area contributed by atoms with Crippen molar-refractivity contribution in [3.05, 3.63) is 10.1 Å². The van der Waals surface area contributed by atoms with Crippen molar-refractivity contribution in [3.63, 3.8) is 0 Å². The average Bonchev–Trinajstić information content (AvgIpc) is 1.39. The summed E-state index contributed by atoms with van der Waals surface area (Å²) >= 11 is 3.70. The summed E-state index contributed by atoms with van der Waals surface area (Å²) in [5.41, 5.74) is 0.